The van der Waals surface area contributed by atoms with Gasteiger partial charge in [-0.05, 0) is 44.0 Å². The number of pyridine rings is 1. The van der Waals surface area contributed by atoms with Crippen LogP contribution in [0.15, 0.2) is 24.5 Å². The number of nitrogens with one attached hydrogen (secondary N) is 1. The third-order valence-electron chi connectivity index (χ3n) is 4.00. The quantitative estimate of drug-likeness (QED) is 0.796. The zero-order valence-electron chi connectivity index (χ0n) is 13.6. The van der Waals surface area contributed by atoms with Crippen molar-refractivity contribution in [2.45, 2.75) is 51.4 Å². The fourth-order valence-corrected chi connectivity index (χ4v) is 2.74. The maximum absolute atomic E-state index is 6.12. The van der Waals surface area contributed by atoms with Crippen molar-refractivity contribution >= 4 is 0 Å². The number of nitrogens with zero attached hydrogens (tertiary/aromatic N) is 2. The average Bonchev–Trinajstić information content (AvgIpc) is 2.91. The second kappa shape index (κ2) is 8.47. The molecular formula is C17H29N3O. The van der Waals surface area contributed by atoms with E-state index in [0.29, 0.717) is 18.2 Å². The third-order valence-corrected chi connectivity index (χ3v) is 4.00. The van der Waals surface area contributed by atoms with Gasteiger partial charge in [0.1, 0.15) is 0 Å². The molecule has 0 aromatic carbocycles. The van der Waals surface area contributed by atoms with E-state index >= 15 is 0 Å². The van der Waals surface area contributed by atoms with Crippen LogP contribution in [0.2, 0.25) is 0 Å². The summed E-state index contributed by atoms with van der Waals surface area (Å²) in [4.78, 5) is 6.43. The van der Waals surface area contributed by atoms with Crippen molar-refractivity contribution in [1.29, 1.82) is 0 Å². The fourth-order valence-electron chi connectivity index (χ4n) is 2.74. The number of rotatable bonds is 8. The Morgan fingerprint density at radius 3 is 2.71 bits per heavy atom. The van der Waals surface area contributed by atoms with Gasteiger partial charge in [0.25, 0.3) is 0 Å². The standard InChI is InChI=1S/C17H29N3O/c1-14(2)19-12-16-4-5-17(21-16)13-20(3)11-8-15-6-9-18-10-7-15/h6-7,9-10,14,16-17,19H,4-5,8,11-13H2,1-3H3. The number of likely N-dealkylation sites (N-methyl/N-ethyl adjacent to an activating group) is 1. The van der Waals surface area contributed by atoms with Gasteiger partial charge in [0, 0.05) is 38.1 Å². The highest BCUT2D eigenvalue weighted by atomic mass is 16.5. The number of hydrogen-bond acceptors (Lipinski definition) is 4. The highest BCUT2D eigenvalue weighted by Gasteiger charge is 2.25. The molecule has 0 saturated carbocycles. The molecule has 1 aliphatic heterocycles. The van der Waals surface area contributed by atoms with E-state index in [1.807, 2.05) is 12.4 Å². The monoisotopic (exact) mass is 291 g/mol. The second-order valence-electron chi connectivity index (χ2n) is 6.39. The number of aromatic nitrogens is 1. The number of ether oxygens (including phenoxy) is 1. The minimum Gasteiger partial charge on any atom is -0.372 e. The van der Waals surface area contributed by atoms with E-state index in [9.17, 15) is 0 Å². The zero-order valence-corrected chi connectivity index (χ0v) is 13.6. The molecule has 0 aliphatic carbocycles. The summed E-state index contributed by atoms with van der Waals surface area (Å²) < 4.78 is 6.12. The predicted octanol–water partition coefficient (Wildman–Crippen LogP) is 2.10. The summed E-state index contributed by atoms with van der Waals surface area (Å²) in [6, 6.07) is 4.72. The first kappa shape index (κ1) is 16.4. The van der Waals surface area contributed by atoms with Crippen molar-refractivity contribution in [3.05, 3.63) is 30.1 Å². The Kier molecular flexibility index (Phi) is 6.61. The predicted molar refractivity (Wildman–Crippen MR) is 86.5 cm³/mol. The second-order valence-corrected chi connectivity index (χ2v) is 6.39. The van der Waals surface area contributed by atoms with Crippen LogP contribution >= 0.6 is 0 Å². The molecule has 1 aromatic heterocycles. The number of hydrogen-bond donors (Lipinski definition) is 1. The molecule has 4 nitrogen and oxygen atoms in total. The Morgan fingerprint density at radius 1 is 1.29 bits per heavy atom. The minimum atomic E-state index is 0.394. The molecule has 1 N–H and O–H groups in total. The maximum Gasteiger partial charge on any atom is 0.0707 e. The van der Waals surface area contributed by atoms with Gasteiger partial charge in [-0.3, -0.25) is 4.98 Å². The summed E-state index contributed by atoms with van der Waals surface area (Å²) in [5, 5.41) is 3.46. The van der Waals surface area contributed by atoms with Gasteiger partial charge in [-0.1, -0.05) is 13.8 Å². The lowest BCUT2D eigenvalue weighted by Crippen LogP contribution is -2.34. The van der Waals surface area contributed by atoms with Crippen LogP contribution in [-0.4, -0.2) is 54.8 Å². The average molecular weight is 291 g/mol. The van der Waals surface area contributed by atoms with E-state index < -0.39 is 0 Å². The molecule has 118 valence electrons. The smallest absolute Gasteiger partial charge is 0.0707 e. The Balaban J connectivity index is 1.63. The van der Waals surface area contributed by atoms with Crippen LogP contribution < -0.4 is 5.32 Å². The lowest BCUT2D eigenvalue weighted by atomic mass is 10.1. The van der Waals surface area contributed by atoms with Crippen LogP contribution in [0.3, 0.4) is 0 Å². The zero-order chi connectivity index (χ0) is 15.1. The largest absolute Gasteiger partial charge is 0.372 e. The SMILES string of the molecule is CC(C)NCC1CCC(CN(C)CCc2ccncc2)O1. The Labute approximate surface area is 128 Å². The summed E-state index contributed by atoms with van der Waals surface area (Å²) >= 11 is 0. The first-order valence-electron chi connectivity index (χ1n) is 8.09. The molecule has 1 fully saturated rings. The summed E-state index contributed by atoms with van der Waals surface area (Å²) in [5.41, 5.74) is 1.35. The van der Waals surface area contributed by atoms with Crippen molar-refractivity contribution in [2.24, 2.45) is 0 Å². The molecule has 0 spiro atoms. The van der Waals surface area contributed by atoms with Crippen molar-refractivity contribution < 1.29 is 4.74 Å². The highest BCUT2D eigenvalue weighted by molar-refractivity contribution is 5.09. The van der Waals surface area contributed by atoms with Gasteiger partial charge in [-0.15, -0.1) is 0 Å². The maximum atomic E-state index is 6.12. The normalized spacial score (nSPS) is 22.3. The molecular weight excluding hydrogens is 262 g/mol. The van der Waals surface area contributed by atoms with Gasteiger partial charge in [-0.2, -0.15) is 0 Å². The lowest BCUT2D eigenvalue weighted by molar-refractivity contribution is 0.0273. The molecule has 2 heterocycles. The molecule has 21 heavy (non-hydrogen) atoms. The van der Waals surface area contributed by atoms with Crippen LogP contribution in [0.1, 0.15) is 32.3 Å². The van der Waals surface area contributed by atoms with Gasteiger partial charge in [0.15, 0.2) is 0 Å². The van der Waals surface area contributed by atoms with Gasteiger partial charge in [0.05, 0.1) is 12.2 Å². The molecule has 1 saturated heterocycles. The summed E-state index contributed by atoms with van der Waals surface area (Å²) in [7, 11) is 2.18. The minimum absolute atomic E-state index is 0.394. The first-order chi connectivity index (χ1) is 10.1. The van der Waals surface area contributed by atoms with Gasteiger partial charge < -0.3 is 15.0 Å². The molecule has 0 radical (unpaired) electrons. The highest BCUT2D eigenvalue weighted by Crippen LogP contribution is 2.20. The molecule has 1 aromatic rings. The van der Waals surface area contributed by atoms with Gasteiger partial charge in [0.2, 0.25) is 0 Å². The van der Waals surface area contributed by atoms with E-state index in [0.717, 1.165) is 26.1 Å². The van der Waals surface area contributed by atoms with E-state index in [4.69, 9.17) is 4.74 Å². The molecule has 1 aliphatic rings. The van der Waals surface area contributed by atoms with Crippen molar-refractivity contribution in [2.75, 3.05) is 26.7 Å². The Hall–Kier alpha value is -0.970. The Bertz CT molecular complexity index is 396. The Morgan fingerprint density at radius 2 is 2.00 bits per heavy atom. The fraction of sp³-hybridized carbons (Fsp3) is 0.706. The van der Waals surface area contributed by atoms with Crippen LogP contribution in [0.25, 0.3) is 0 Å². The van der Waals surface area contributed by atoms with Crippen LogP contribution in [0.5, 0.6) is 0 Å². The van der Waals surface area contributed by atoms with Crippen LogP contribution in [0, 0.1) is 0 Å². The van der Waals surface area contributed by atoms with Crippen molar-refractivity contribution in [3.8, 4) is 0 Å². The van der Waals surface area contributed by atoms with Gasteiger partial charge in [-0.25, -0.2) is 0 Å². The topological polar surface area (TPSA) is 37.4 Å². The molecule has 0 bridgehead atoms. The summed E-state index contributed by atoms with van der Waals surface area (Å²) in [5.74, 6) is 0. The molecule has 4 heteroatoms. The summed E-state index contributed by atoms with van der Waals surface area (Å²) in [6.45, 7) is 7.44. The van der Waals surface area contributed by atoms with Gasteiger partial charge >= 0.3 is 0 Å². The van der Waals surface area contributed by atoms with Crippen LogP contribution in [0.4, 0.5) is 0 Å². The summed E-state index contributed by atoms with van der Waals surface area (Å²) in [6.07, 6.45) is 7.96. The lowest BCUT2D eigenvalue weighted by Gasteiger charge is -2.22. The molecule has 2 unspecified atom stereocenters. The third kappa shape index (κ3) is 6.12. The first-order valence-corrected chi connectivity index (χ1v) is 8.09. The van der Waals surface area contributed by atoms with E-state index in [2.05, 4.69) is 48.2 Å². The molecule has 0 amide bonds. The van der Waals surface area contributed by atoms with Crippen molar-refractivity contribution in [3.63, 3.8) is 0 Å². The van der Waals surface area contributed by atoms with Crippen LogP contribution in [-0.2, 0) is 11.2 Å². The van der Waals surface area contributed by atoms with E-state index in [1.165, 1.54) is 18.4 Å². The van der Waals surface area contributed by atoms with E-state index in [1.54, 1.807) is 0 Å². The molecule has 2 atom stereocenters. The molecule has 2 rings (SSSR count). The van der Waals surface area contributed by atoms with Crippen molar-refractivity contribution in [1.82, 2.24) is 15.2 Å². The van der Waals surface area contributed by atoms with E-state index in [-0.39, 0.29) is 0 Å².